The summed E-state index contributed by atoms with van der Waals surface area (Å²) in [6, 6.07) is 5.10. The highest BCUT2D eigenvalue weighted by atomic mass is 19.4. The molecular formula is C16H12F3N3O4. The third-order valence-corrected chi connectivity index (χ3v) is 3.70. The average molecular weight is 367 g/mol. The van der Waals surface area contributed by atoms with E-state index < -0.39 is 30.2 Å². The SMILES string of the molecule is Cc1ccc(-n2c(N)c3c(cc2=O)C(=O)NC3=O)c(OCC(F)(F)F)c1. The largest absolute Gasteiger partial charge is 0.482 e. The Morgan fingerprint density at radius 2 is 1.85 bits per heavy atom. The monoisotopic (exact) mass is 367 g/mol. The number of halogens is 3. The summed E-state index contributed by atoms with van der Waals surface area (Å²) >= 11 is 0. The maximum Gasteiger partial charge on any atom is 0.422 e. The Hall–Kier alpha value is -3.30. The van der Waals surface area contributed by atoms with Crippen molar-refractivity contribution < 1.29 is 27.5 Å². The lowest BCUT2D eigenvalue weighted by Gasteiger charge is -2.17. The summed E-state index contributed by atoms with van der Waals surface area (Å²) in [7, 11) is 0. The molecule has 26 heavy (non-hydrogen) atoms. The topological polar surface area (TPSA) is 103 Å². The number of anilines is 1. The molecular weight excluding hydrogens is 355 g/mol. The Morgan fingerprint density at radius 3 is 2.50 bits per heavy atom. The van der Waals surface area contributed by atoms with Gasteiger partial charge in [0, 0.05) is 6.07 Å². The van der Waals surface area contributed by atoms with Crippen LogP contribution in [-0.4, -0.2) is 29.2 Å². The quantitative estimate of drug-likeness (QED) is 0.802. The predicted molar refractivity (Wildman–Crippen MR) is 84.5 cm³/mol. The summed E-state index contributed by atoms with van der Waals surface area (Å²) in [6.07, 6.45) is -4.58. The van der Waals surface area contributed by atoms with E-state index in [2.05, 4.69) is 0 Å². The fourth-order valence-electron chi connectivity index (χ4n) is 2.61. The molecule has 0 bridgehead atoms. The first-order valence-electron chi connectivity index (χ1n) is 7.30. The van der Waals surface area contributed by atoms with Crippen LogP contribution in [0.4, 0.5) is 19.0 Å². The third-order valence-electron chi connectivity index (χ3n) is 3.70. The van der Waals surface area contributed by atoms with Gasteiger partial charge in [0.15, 0.2) is 6.61 Å². The number of rotatable bonds is 3. The number of alkyl halides is 3. The number of nitrogens with two attached hydrogens (primary N) is 1. The Bertz CT molecular complexity index is 995. The number of nitrogens with one attached hydrogen (secondary N) is 1. The van der Waals surface area contributed by atoms with Crippen LogP contribution in [0.15, 0.2) is 29.1 Å². The van der Waals surface area contributed by atoms with Crippen LogP contribution >= 0.6 is 0 Å². The molecule has 0 fully saturated rings. The van der Waals surface area contributed by atoms with E-state index in [1.165, 1.54) is 12.1 Å². The third kappa shape index (κ3) is 3.01. The molecule has 0 aliphatic carbocycles. The van der Waals surface area contributed by atoms with Crippen molar-refractivity contribution in [3.8, 4) is 11.4 Å². The van der Waals surface area contributed by atoms with Crippen LogP contribution in [0.5, 0.6) is 5.75 Å². The van der Waals surface area contributed by atoms with Gasteiger partial charge >= 0.3 is 6.18 Å². The Labute approximate surface area is 144 Å². The number of carbonyl (C=O) groups is 2. The van der Waals surface area contributed by atoms with E-state index in [9.17, 15) is 27.6 Å². The molecule has 1 aliphatic heterocycles. The molecule has 2 amide bonds. The molecule has 2 heterocycles. The summed E-state index contributed by atoms with van der Waals surface area (Å²) < 4.78 is 43.1. The molecule has 3 rings (SSSR count). The summed E-state index contributed by atoms with van der Waals surface area (Å²) in [5, 5.41) is 2.01. The van der Waals surface area contributed by atoms with Crippen molar-refractivity contribution in [2.75, 3.05) is 12.3 Å². The van der Waals surface area contributed by atoms with Crippen LogP contribution in [-0.2, 0) is 0 Å². The molecule has 2 aromatic rings. The van der Waals surface area contributed by atoms with Crippen LogP contribution in [0.25, 0.3) is 5.69 Å². The first-order chi connectivity index (χ1) is 12.1. The van der Waals surface area contributed by atoms with Crippen molar-refractivity contribution in [1.82, 2.24) is 9.88 Å². The molecule has 3 N–H and O–H groups in total. The Kier molecular flexibility index (Phi) is 3.98. The van der Waals surface area contributed by atoms with Crippen LogP contribution < -0.4 is 21.3 Å². The molecule has 0 saturated carbocycles. The van der Waals surface area contributed by atoms with Crippen molar-refractivity contribution >= 4 is 17.6 Å². The predicted octanol–water partition coefficient (Wildman–Crippen LogP) is 1.55. The number of hydrogen-bond acceptors (Lipinski definition) is 5. The summed E-state index contributed by atoms with van der Waals surface area (Å²) in [6.45, 7) is 0.0627. The Balaban J connectivity index is 2.19. The number of aryl methyl sites for hydroxylation is 1. The maximum absolute atomic E-state index is 12.5. The molecule has 7 nitrogen and oxygen atoms in total. The van der Waals surface area contributed by atoms with Crippen molar-refractivity contribution in [3.63, 3.8) is 0 Å². The van der Waals surface area contributed by atoms with Crippen molar-refractivity contribution in [2.45, 2.75) is 13.1 Å². The molecule has 0 saturated heterocycles. The standard InChI is InChI=1S/C16H12F3N3O4/c1-7-2-3-9(10(4-7)26-6-16(17,18)19)22-11(23)5-8-12(13(22)20)15(25)21-14(8)24/h2-5H,6,20H2,1H3,(H,21,24,25). The van der Waals surface area contributed by atoms with Gasteiger partial charge in [-0.2, -0.15) is 13.2 Å². The minimum atomic E-state index is -4.58. The van der Waals surface area contributed by atoms with Gasteiger partial charge in [0.2, 0.25) is 0 Å². The van der Waals surface area contributed by atoms with Crippen LogP contribution in [0.3, 0.4) is 0 Å². The molecule has 0 spiro atoms. The number of aromatic nitrogens is 1. The van der Waals surface area contributed by atoms with Crippen molar-refractivity contribution in [3.05, 3.63) is 51.3 Å². The van der Waals surface area contributed by atoms with E-state index in [1.54, 1.807) is 13.0 Å². The number of fused-ring (bicyclic) bond motifs is 1. The van der Waals surface area contributed by atoms with E-state index in [1.807, 2.05) is 5.32 Å². The Morgan fingerprint density at radius 1 is 1.15 bits per heavy atom. The highest BCUT2D eigenvalue weighted by Crippen LogP contribution is 2.30. The number of amides is 2. The zero-order chi connectivity index (χ0) is 19.2. The lowest BCUT2D eigenvalue weighted by atomic mass is 10.1. The van der Waals surface area contributed by atoms with Gasteiger partial charge in [0.1, 0.15) is 11.6 Å². The molecule has 0 radical (unpaired) electrons. The van der Waals surface area contributed by atoms with Crippen LogP contribution in [0.2, 0.25) is 0 Å². The van der Waals surface area contributed by atoms with Gasteiger partial charge in [-0.25, -0.2) is 0 Å². The van der Waals surface area contributed by atoms with Gasteiger partial charge in [-0.3, -0.25) is 24.3 Å². The van der Waals surface area contributed by atoms with E-state index >= 15 is 0 Å². The van der Waals surface area contributed by atoms with Crippen LogP contribution in [0, 0.1) is 6.92 Å². The van der Waals surface area contributed by atoms with E-state index in [-0.39, 0.29) is 28.4 Å². The molecule has 10 heteroatoms. The summed E-state index contributed by atoms with van der Waals surface area (Å²) in [4.78, 5) is 36.0. The number of benzene rings is 1. The molecule has 1 aliphatic rings. The summed E-state index contributed by atoms with van der Waals surface area (Å²) in [5.41, 5.74) is 5.22. The minimum absolute atomic E-state index is 0.0719. The lowest BCUT2D eigenvalue weighted by molar-refractivity contribution is -0.153. The molecule has 1 aromatic carbocycles. The fraction of sp³-hybridized carbons (Fsp3) is 0.188. The van der Waals surface area contributed by atoms with Crippen LogP contribution in [0.1, 0.15) is 26.3 Å². The second-order valence-electron chi connectivity index (χ2n) is 5.65. The number of imide groups is 1. The van der Waals surface area contributed by atoms with Gasteiger partial charge in [0.25, 0.3) is 17.4 Å². The second-order valence-corrected chi connectivity index (χ2v) is 5.65. The highest BCUT2D eigenvalue weighted by Gasteiger charge is 2.33. The smallest absolute Gasteiger partial charge is 0.422 e. The molecule has 0 unspecified atom stereocenters. The van der Waals surface area contributed by atoms with Crippen molar-refractivity contribution in [1.29, 1.82) is 0 Å². The molecule has 1 aromatic heterocycles. The number of carbonyl (C=O) groups excluding carboxylic acids is 2. The normalized spacial score (nSPS) is 13.5. The zero-order valence-corrected chi connectivity index (χ0v) is 13.3. The van der Waals surface area contributed by atoms with Gasteiger partial charge in [-0.05, 0) is 24.6 Å². The lowest BCUT2D eigenvalue weighted by Crippen LogP contribution is -2.25. The first-order valence-corrected chi connectivity index (χ1v) is 7.30. The van der Waals surface area contributed by atoms with E-state index in [0.29, 0.717) is 5.56 Å². The van der Waals surface area contributed by atoms with E-state index in [0.717, 1.165) is 10.6 Å². The maximum atomic E-state index is 12.5. The second kappa shape index (κ2) is 5.90. The minimum Gasteiger partial charge on any atom is -0.482 e. The van der Waals surface area contributed by atoms with E-state index in [4.69, 9.17) is 10.5 Å². The average Bonchev–Trinajstić information content (AvgIpc) is 2.80. The molecule has 136 valence electrons. The molecule has 0 atom stereocenters. The summed E-state index contributed by atoms with van der Waals surface area (Å²) in [5.74, 6) is -2.16. The number of pyridine rings is 1. The van der Waals surface area contributed by atoms with Crippen molar-refractivity contribution in [2.24, 2.45) is 0 Å². The zero-order valence-electron chi connectivity index (χ0n) is 13.3. The number of ether oxygens (including phenoxy) is 1. The number of nitrogen functional groups attached to an aromatic ring is 1. The first kappa shape index (κ1) is 17.5. The van der Waals surface area contributed by atoms with Gasteiger partial charge < -0.3 is 10.5 Å². The highest BCUT2D eigenvalue weighted by molar-refractivity contribution is 6.23. The van der Waals surface area contributed by atoms with Gasteiger partial charge in [-0.1, -0.05) is 6.07 Å². The fourth-order valence-corrected chi connectivity index (χ4v) is 2.61. The van der Waals surface area contributed by atoms with Gasteiger partial charge in [-0.15, -0.1) is 0 Å². The van der Waals surface area contributed by atoms with Gasteiger partial charge in [0.05, 0.1) is 16.8 Å². The number of nitrogens with zero attached hydrogens (tertiary/aromatic N) is 1. The number of hydrogen-bond donors (Lipinski definition) is 2.